The van der Waals surface area contributed by atoms with Gasteiger partial charge in [-0.3, -0.25) is 19.3 Å². The van der Waals surface area contributed by atoms with Gasteiger partial charge in [0.25, 0.3) is 5.91 Å². The predicted molar refractivity (Wildman–Crippen MR) is 112 cm³/mol. The summed E-state index contributed by atoms with van der Waals surface area (Å²) >= 11 is 0. The molecule has 0 aliphatic carbocycles. The molecule has 1 aliphatic rings. The van der Waals surface area contributed by atoms with Gasteiger partial charge < -0.3 is 5.32 Å². The molecule has 0 saturated heterocycles. The minimum atomic E-state index is -0.646. The van der Waals surface area contributed by atoms with E-state index in [0.29, 0.717) is 23.2 Å². The smallest absolute Gasteiger partial charge is 0.259 e. The predicted octanol–water partition coefficient (Wildman–Crippen LogP) is 4.10. The van der Waals surface area contributed by atoms with E-state index in [4.69, 9.17) is 0 Å². The fourth-order valence-electron chi connectivity index (χ4n) is 3.58. The number of benzene rings is 3. The van der Waals surface area contributed by atoms with Crippen molar-refractivity contribution in [2.45, 2.75) is 19.4 Å². The normalized spacial score (nSPS) is 14.9. The average molecular weight is 384 g/mol. The Kier molecular flexibility index (Phi) is 4.96. The largest absolute Gasteiger partial charge is 0.324 e. The standard InChI is InChI=1S/C24H20N2O3/c1-16(27)17-11-13-20(14-12-17)25-23(28)22-15-19-9-5-6-10-21(19)26(22)24(29)18-7-3-2-4-8-18/h2-14,22H,15H2,1H3,(H,25,28)/t22-/m1/s1. The molecular formula is C24H20N2O3. The molecule has 0 spiro atoms. The molecule has 1 heterocycles. The second-order valence-corrected chi connectivity index (χ2v) is 7.01. The Balaban J connectivity index is 1.62. The Bertz CT molecular complexity index is 1070. The van der Waals surface area contributed by atoms with Gasteiger partial charge in [-0.25, -0.2) is 0 Å². The Morgan fingerprint density at radius 3 is 2.17 bits per heavy atom. The number of nitrogens with zero attached hydrogens (tertiary/aromatic N) is 1. The first kappa shape index (κ1) is 18.6. The number of fused-ring (bicyclic) bond motifs is 1. The van der Waals surface area contributed by atoms with Crippen LogP contribution < -0.4 is 10.2 Å². The van der Waals surface area contributed by atoms with Crippen LogP contribution in [0.1, 0.15) is 33.2 Å². The van der Waals surface area contributed by atoms with Crippen molar-refractivity contribution in [2.24, 2.45) is 0 Å². The molecule has 1 N–H and O–H groups in total. The molecule has 0 saturated carbocycles. The monoisotopic (exact) mass is 384 g/mol. The maximum atomic E-state index is 13.2. The Morgan fingerprint density at radius 2 is 1.48 bits per heavy atom. The molecule has 0 radical (unpaired) electrons. The number of rotatable bonds is 4. The summed E-state index contributed by atoms with van der Waals surface area (Å²) in [5.74, 6) is -0.502. The van der Waals surface area contributed by atoms with E-state index in [1.807, 2.05) is 30.3 Å². The van der Waals surface area contributed by atoms with E-state index in [1.165, 1.54) is 6.92 Å². The highest BCUT2D eigenvalue weighted by atomic mass is 16.2. The molecular weight excluding hydrogens is 364 g/mol. The summed E-state index contributed by atoms with van der Waals surface area (Å²) in [6.07, 6.45) is 0.451. The van der Waals surface area contributed by atoms with Gasteiger partial charge in [0.05, 0.1) is 0 Å². The van der Waals surface area contributed by atoms with E-state index in [9.17, 15) is 14.4 Å². The molecule has 2 amide bonds. The average Bonchev–Trinajstić information content (AvgIpc) is 3.14. The number of hydrogen-bond donors (Lipinski definition) is 1. The lowest BCUT2D eigenvalue weighted by molar-refractivity contribution is -0.117. The third-order valence-electron chi connectivity index (χ3n) is 5.08. The SMILES string of the molecule is CC(=O)c1ccc(NC(=O)[C@H]2Cc3ccccc3N2C(=O)c2ccccc2)cc1. The number of para-hydroxylation sites is 1. The van der Waals surface area contributed by atoms with E-state index in [2.05, 4.69) is 5.32 Å². The van der Waals surface area contributed by atoms with Crippen LogP contribution in [0.2, 0.25) is 0 Å². The van der Waals surface area contributed by atoms with Gasteiger partial charge in [0.2, 0.25) is 5.91 Å². The zero-order valence-corrected chi connectivity index (χ0v) is 16.0. The summed E-state index contributed by atoms with van der Waals surface area (Å²) < 4.78 is 0. The summed E-state index contributed by atoms with van der Waals surface area (Å²) in [6, 6.07) is 22.6. The molecule has 1 aliphatic heterocycles. The Labute approximate surface area is 169 Å². The van der Waals surface area contributed by atoms with E-state index in [1.54, 1.807) is 53.4 Å². The molecule has 3 aromatic rings. The van der Waals surface area contributed by atoms with Crippen LogP contribution >= 0.6 is 0 Å². The van der Waals surface area contributed by atoms with Crippen LogP contribution in [-0.4, -0.2) is 23.6 Å². The first-order valence-corrected chi connectivity index (χ1v) is 9.43. The van der Waals surface area contributed by atoms with E-state index in [0.717, 1.165) is 11.3 Å². The van der Waals surface area contributed by atoms with Crippen LogP contribution in [0, 0.1) is 0 Å². The molecule has 0 aromatic heterocycles. The van der Waals surface area contributed by atoms with Crippen LogP contribution in [0.4, 0.5) is 11.4 Å². The van der Waals surface area contributed by atoms with Crippen LogP contribution in [0.5, 0.6) is 0 Å². The number of amides is 2. The van der Waals surface area contributed by atoms with Gasteiger partial charge in [-0.15, -0.1) is 0 Å². The van der Waals surface area contributed by atoms with Gasteiger partial charge in [0.15, 0.2) is 5.78 Å². The van der Waals surface area contributed by atoms with Crippen LogP contribution in [0.25, 0.3) is 0 Å². The molecule has 5 heteroatoms. The van der Waals surface area contributed by atoms with Crippen molar-refractivity contribution in [3.05, 3.63) is 95.6 Å². The lowest BCUT2D eigenvalue weighted by atomic mass is 10.1. The summed E-state index contributed by atoms with van der Waals surface area (Å²) in [5, 5.41) is 2.88. The highest BCUT2D eigenvalue weighted by Gasteiger charge is 2.38. The maximum Gasteiger partial charge on any atom is 0.259 e. The van der Waals surface area contributed by atoms with Gasteiger partial charge in [-0.05, 0) is 55.0 Å². The first-order valence-electron chi connectivity index (χ1n) is 9.43. The fraction of sp³-hybridized carbons (Fsp3) is 0.125. The van der Waals surface area contributed by atoms with Gasteiger partial charge >= 0.3 is 0 Å². The zero-order valence-electron chi connectivity index (χ0n) is 16.0. The number of carbonyl (C=O) groups is 3. The second kappa shape index (κ2) is 7.72. The third-order valence-corrected chi connectivity index (χ3v) is 5.08. The van der Waals surface area contributed by atoms with Crippen molar-refractivity contribution < 1.29 is 14.4 Å². The minimum absolute atomic E-state index is 0.0336. The first-order chi connectivity index (χ1) is 14.0. The van der Waals surface area contributed by atoms with Gasteiger partial charge in [-0.2, -0.15) is 0 Å². The lowest BCUT2D eigenvalue weighted by Gasteiger charge is -2.25. The van der Waals surface area contributed by atoms with Crippen molar-refractivity contribution in [1.29, 1.82) is 0 Å². The summed E-state index contributed by atoms with van der Waals surface area (Å²) in [5.41, 5.74) is 3.42. The molecule has 0 fully saturated rings. The lowest BCUT2D eigenvalue weighted by Crippen LogP contribution is -2.45. The number of ketones is 1. The van der Waals surface area contributed by atoms with Gasteiger partial charge in [0, 0.05) is 28.9 Å². The molecule has 0 bridgehead atoms. The summed E-state index contributed by atoms with van der Waals surface area (Å²) in [4.78, 5) is 39.3. The zero-order chi connectivity index (χ0) is 20.4. The van der Waals surface area contributed by atoms with Crippen molar-refractivity contribution in [3.8, 4) is 0 Å². The highest BCUT2D eigenvalue weighted by molar-refractivity contribution is 6.13. The van der Waals surface area contributed by atoms with Crippen molar-refractivity contribution in [2.75, 3.05) is 10.2 Å². The molecule has 5 nitrogen and oxygen atoms in total. The number of carbonyl (C=O) groups excluding carboxylic acids is 3. The van der Waals surface area contributed by atoms with Crippen molar-refractivity contribution >= 4 is 29.0 Å². The number of Topliss-reactive ketones (excluding diaryl/α,β-unsaturated/α-hetero) is 1. The Morgan fingerprint density at radius 1 is 0.828 bits per heavy atom. The molecule has 0 unspecified atom stereocenters. The highest BCUT2D eigenvalue weighted by Crippen LogP contribution is 2.34. The molecule has 29 heavy (non-hydrogen) atoms. The minimum Gasteiger partial charge on any atom is -0.324 e. The summed E-state index contributed by atoms with van der Waals surface area (Å²) in [6.45, 7) is 1.50. The van der Waals surface area contributed by atoms with Crippen molar-refractivity contribution in [3.63, 3.8) is 0 Å². The molecule has 3 aromatic carbocycles. The van der Waals surface area contributed by atoms with Gasteiger partial charge in [0.1, 0.15) is 6.04 Å². The second-order valence-electron chi connectivity index (χ2n) is 7.01. The van der Waals surface area contributed by atoms with E-state index < -0.39 is 6.04 Å². The molecule has 1 atom stereocenters. The Hall–Kier alpha value is -3.73. The van der Waals surface area contributed by atoms with E-state index in [-0.39, 0.29) is 17.6 Å². The third kappa shape index (κ3) is 3.67. The molecule has 4 rings (SSSR count). The molecule has 144 valence electrons. The van der Waals surface area contributed by atoms with E-state index >= 15 is 0 Å². The van der Waals surface area contributed by atoms with Crippen LogP contribution in [0.3, 0.4) is 0 Å². The number of nitrogens with one attached hydrogen (secondary N) is 1. The van der Waals surface area contributed by atoms with Crippen LogP contribution in [-0.2, 0) is 11.2 Å². The van der Waals surface area contributed by atoms with Crippen LogP contribution in [0.15, 0.2) is 78.9 Å². The topological polar surface area (TPSA) is 66.5 Å². The fourth-order valence-corrected chi connectivity index (χ4v) is 3.58. The summed E-state index contributed by atoms with van der Waals surface area (Å²) in [7, 11) is 0. The van der Waals surface area contributed by atoms with Gasteiger partial charge in [-0.1, -0.05) is 36.4 Å². The maximum absolute atomic E-state index is 13.2. The number of hydrogen-bond acceptors (Lipinski definition) is 3. The number of anilines is 2. The van der Waals surface area contributed by atoms with Crippen molar-refractivity contribution in [1.82, 2.24) is 0 Å². The quantitative estimate of drug-likeness (QED) is 0.689.